The number of amides is 1. The maximum Gasteiger partial charge on any atom is 0.416 e. The lowest BCUT2D eigenvalue weighted by molar-refractivity contribution is -0.137. The first-order valence-corrected chi connectivity index (χ1v) is 12.9. The Bertz CT molecular complexity index is 1540. The highest BCUT2D eigenvalue weighted by atomic mass is 32.2. The number of rotatable bonds is 8. The van der Waals surface area contributed by atoms with Crippen molar-refractivity contribution in [3.63, 3.8) is 0 Å². The van der Waals surface area contributed by atoms with Crippen LogP contribution in [0, 0.1) is 0 Å². The summed E-state index contributed by atoms with van der Waals surface area (Å²) in [6.45, 7) is 0.935. The standard InChI is InChI=1S/C27H22F3N5O4S/c1-37-21-8-6-18(7-9-21)25-33-34-26(35(25)20-4-2-3-19(14-20)27(28,29)30)40-16-24(36)32-31-15-17-5-10-22-23(13-17)39-12-11-38-22/h2-10,13-15H,11-12,16H2,1H3,(H,32,36)/b31-15-. The minimum atomic E-state index is -4.54. The second-order valence-electron chi connectivity index (χ2n) is 8.40. The number of methoxy groups -OCH3 is 1. The van der Waals surface area contributed by atoms with Crippen molar-refractivity contribution in [3.05, 3.63) is 77.9 Å². The summed E-state index contributed by atoms with van der Waals surface area (Å²) in [7, 11) is 1.53. The first-order chi connectivity index (χ1) is 19.3. The van der Waals surface area contributed by atoms with Gasteiger partial charge in [0.25, 0.3) is 5.91 Å². The number of aromatic nitrogens is 3. The van der Waals surface area contributed by atoms with Gasteiger partial charge in [0.1, 0.15) is 19.0 Å². The molecule has 0 bridgehead atoms. The van der Waals surface area contributed by atoms with E-state index in [1.54, 1.807) is 42.5 Å². The topological polar surface area (TPSA) is 99.9 Å². The molecule has 13 heteroatoms. The van der Waals surface area contributed by atoms with Gasteiger partial charge in [0.05, 0.1) is 30.3 Å². The first-order valence-electron chi connectivity index (χ1n) is 11.9. The van der Waals surface area contributed by atoms with Gasteiger partial charge in [0.2, 0.25) is 0 Å². The summed E-state index contributed by atoms with van der Waals surface area (Å²) in [4.78, 5) is 12.5. The number of halogens is 3. The van der Waals surface area contributed by atoms with E-state index in [0.717, 1.165) is 23.9 Å². The first kappa shape index (κ1) is 27.1. The molecule has 1 amide bonds. The molecule has 1 aliphatic rings. The van der Waals surface area contributed by atoms with E-state index >= 15 is 0 Å². The lowest BCUT2D eigenvalue weighted by Gasteiger charge is -2.18. The Morgan fingerprint density at radius 3 is 2.60 bits per heavy atom. The molecule has 1 aliphatic heterocycles. The summed E-state index contributed by atoms with van der Waals surface area (Å²) >= 11 is 1.01. The van der Waals surface area contributed by atoms with Crippen molar-refractivity contribution in [2.75, 3.05) is 26.1 Å². The Morgan fingerprint density at radius 1 is 1.07 bits per heavy atom. The maximum atomic E-state index is 13.5. The number of thioether (sulfide) groups is 1. The summed E-state index contributed by atoms with van der Waals surface area (Å²) in [6.07, 6.45) is -3.07. The average Bonchev–Trinajstić information content (AvgIpc) is 3.40. The quantitative estimate of drug-likeness (QED) is 0.182. The molecule has 0 fully saturated rings. The Morgan fingerprint density at radius 2 is 1.85 bits per heavy atom. The molecular formula is C27H22F3N5O4S. The molecule has 206 valence electrons. The molecule has 0 saturated carbocycles. The van der Waals surface area contributed by atoms with Gasteiger partial charge in [-0.2, -0.15) is 18.3 Å². The Kier molecular flexibility index (Phi) is 7.91. The SMILES string of the molecule is COc1ccc(-c2nnc(SCC(=O)N/N=C\c3ccc4c(c3)OCCO4)n2-c2cccc(C(F)(F)F)c2)cc1. The molecule has 1 N–H and O–H groups in total. The van der Waals surface area contributed by atoms with Crippen LogP contribution in [0.3, 0.4) is 0 Å². The van der Waals surface area contributed by atoms with Crippen LogP contribution >= 0.6 is 11.8 Å². The van der Waals surface area contributed by atoms with Gasteiger partial charge >= 0.3 is 6.18 Å². The zero-order chi connectivity index (χ0) is 28.1. The maximum absolute atomic E-state index is 13.5. The number of carbonyl (C=O) groups is 1. The smallest absolute Gasteiger partial charge is 0.416 e. The van der Waals surface area contributed by atoms with E-state index in [1.165, 1.54) is 30.0 Å². The van der Waals surface area contributed by atoms with E-state index in [9.17, 15) is 18.0 Å². The van der Waals surface area contributed by atoms with E-state index in [-0.39, 0.29) is 16.6 Å². The normalized spacial score (nSPS) is 12.9. The van der Waals surface area contributed by atoms with Gasteiger partial charge in [-0.3, -0.25) is 9.36 Å². The van der Waals surface area contributed by atoms with Gasteiger partial charge in [-0.25, -0.2) is 5.43 Å². The minimum Gasteiger partial charge on any atom is -0.497 e. The summed E-state index contributed by atoms with van der Waals surface area (Å²) in [6, 6.07) is 17.0. The minimum absolute atomic E-state index is 0.113. The Balaban J connectivity index is 1.34. The van der Waals surface area contributed by atoms with Gasteiger partial charge in [-0.15, -0.1) is 10.2 Å². The molecule has 40 heavy (non-hydrogen) atoms. The number of alkyl halides is 3. The summed E-state index contributed by atoms with van der Waals surface area (Å²) in [5.41, 5.74) is 3.12. The average molecular weight is 570 g/mol. The van der Waals surface area contributed by atoms with Gasteiger partial charge < -0.3 is 14.2 Å². The number of benzene rings is 3. The van der Waals surface area contributed by atoms with Crippen molar-refractivity contribution in [2.45, 2.75) is 11.3 Å². The Hall–Kier alpha value is -4.52. The van der Waals surface area contributed by atoms with Gasteiger partial charge in [0.15, 0.2) is 22.5 Å². The van der Waals surface area contributed by atoms with E-state index < -0.39 is 17.6 Å². The lowest BCUT2D eigenvalue weighted by Crippen LogP contribution is -2.20. The van der Waals surface area contributed by atoms with Crippen LogP contribution in [0.15, 0.2) is 77.0 Å². The van der Waals surface area contributed by atoms with Crippen LogP contribution in [0.4, 0.5) is 13.2 Å². The number of carbonyl (C=O) groups excluding carboxylic acids is 1. The van der Waals surface area contributed by atoms with Crippen LogP contribution in [-0.4, -0.2) is 53.0 Å². The highest BCUT2D eigenvalue weighted by Gasteiger charge is 2.31. The summed E-state index contributed by atoms with van der Waals surface area (Å²) < 4.78 is 58.1. The van der Waals surface area contributed by atoms with Crippen LogP contribution in [0.2, 0.25) is 0 Å². The van der Waals surface area contributed by atoms with Crippen LogP contribution in [0.25, 0.3) is 17.1 Å². The van der Waals surface area contributed by atoms with Gasteiger partial charge in [-0.05, 0) is 66.2 Å². The van der Waals surface area contributed by atoms with Crippen molar-refractivity contribution in [2.24, 2.45) is 5.10 Å². The largest absolute Gasteiger partial charge is 0.497 e. The molecule has 9 nitrogen and oxygen atoms in total. The van der Waals surface area contributed by atoms with Crippen molar-refractivity contribution in [1.29, 1.82) is 0 Å². The molecule has 5 rings (SSSR count). The summed E-state index contributed by atoms with van der Waals surface area (Å²) in [5.74, 6) is 1.60. The number of hydrazone groups is 1. The fourth-order valence-electron chi connectivity index (χ4n) is 3.83. The predicted molar refractivity (Wildman–Crippen MR) is 142 cm³/mol. The van der Waals surface area contributed by atoms with Crippen molar-refractivity contribution < 1.29 is 32.2 Å². The van der Waals surface area contributed by atoms with Crippen molar-refractivity contribution in [1.82, 2.24) is 20.2 Å². The zero-order valence-corrected chi connectivity index (χ0v) is 21.8. The lowest BCUT2D eigenvalue weighted by atomic mass is 10.1. The highest BCUT2D eigenvalue weighted by Crippen LogP contribution is 2.34. The summed E-state index contributed by atoms with van der Waals surface area (Å²) in [5, 5.41) is 12.6. The zero-order valence-electron chi connectivity index (χ0n) is 21.0. The fourth-order valence-corrected chi connectivity index (χ4v) is 4.57. The number of nitrogens with one attached hydrogen (secondary N) is 1. The predicted octanol–water partition coefficient (Wildman–Crippen LogP) is 4.98. The molecule has 0 radical (unpaired) electrons. The van der Waals surface area contributed by atoms with E-state index in [4.69, 9.17) is 14.2 Å². The molecule has 3 aromatic carbocycles. The molecular weight excluding hydrogens is 547 g/mol. The molecule has 2 heterocycles. The van der Waals surface area contributed by atoms with Crippen molar-refractivity contribution in [3.8, 4) is 34.3 Å². The van der Waals surface area contributed by atoms with Crippen LogP contribution < -0.4 is 19.6 Å². The van der Waals surface area contributed by atoms with E-state index in [1.807, 2.05) is 0 Å². The van der Waals surface area contributed by atoms with Crippen LogP contribution in [0.1, 0.15) is 11.1 Å². The number of fused-ring (bicyclic) bond motifs is 1. The molecule has 0 aliphatic carbocycles. The molecule has 1 aromatic heterocycles. The third-order valence-electron chi connectivity index (χ3n) is 5.71. The van der Waals surface area contributed by atoms with Gasteiger partial charge in [0, 0.05) is 5.56 Å². The molecule has 0 saturated heterocycles. The second kappa shape index (κ2) is 11.7. The fraction of sp³-hybridized carbons (Fsp3) is 0.185. The van der Waals surface area contributed by atoms with Gasteiger partial charge in [-0.1, -0.05) is 17.8 Å². The number of ether oxygens (including phenoxy) is 3. The number of hydrogen-bond donors (Lipinski definition) is 1. The Labute approximate surface area is 231 Å². The highest BCUT2D eigenvalue weighted by molar-refractivity contribution is 7.99. The third kappa shape index (κ3) is 6.20. The molecule has 0 spiro atoms. The molecule has 0 atom stereocenters. The van der Waals surface area contributed by atoms with Crippen LogP contribution in [-0.2, 0) is 11.0 Å². The van der Waals surface area contributed by atoms with Crippen LogP contribution in [0.5, 0.6) is 17.2 Å². The molecule has 0 unspecified atom stereocenters. The van der Waals surface area contributed by atoms with E-state index in [0.29, 0.717) is 47.4 Å². The van der Waals surface area contributed by atoms with E-state index in [2.05, 4.69) is 20.7 Å². The third-order valence-corrected chi connectivity index (χ3v) is 6.64. The van der Waals surface area contributed by atoms with Crippen molar-refractivity contribution >= 4 is 23.9 Å². The molecule has 4 aromatic rings. The number of hydrogen-bond acceptors (Lipinski definition) is 8. The monoisotopic (exact) mass is 569 g/mol. The number of nitrogens with zero attached hydrogens (tertiary/aromatic N) is 4. The second-order valence-corrected chi connectivity index (χ2v) is 9.35.